The smallest absolute Gasteiger partial charge is 0.119 e. The molecule has 2 rings (SSSR count). The summed E-state index contributed by atoms with van der Waals surface area (Å²) >= 11 is 0. The molecule has 0 heterocycles. The number of hydrogen-bond donors (Lipinski definition) is 1. The van der Waals surface area contributed by atoms with Crippen molar-refractivity contribution >= 4 is 11.4 Å². The third-order valence-electron chi connectivity index (χ3n) is 2.95. The fraction of sp³-hybridized carbons (Fsp3) is 0.250. The normalized spacial score (nSPS) is 10.4. The Kier molecular flexibility index (Phi) is 3.88. The van der Waals surface area contributed by atoms with E-state index in [0.29, 0.717) is 5.92 Å². The van der Waals surface area contributed by atoms with Crippen molar-refractivity contribution in [1.29, 1.82) is 0 Å². The Morgan fingerprint density at radius 2 is 1.61 bits per heavy atom. The van der Waals surface area contributed by atoms with Crippen molar-refractivity contribution in [2.24, 2.45) is 0 Å². The van der Waals surface area contributed by atoms with Gasteiger partial charge in [0.2, 0.25) is 0 Å². The van der Waals surface area contributed by atoms with Crippen LogP contribution in [0.4, 0.5) is 11.4 Å². The molecule has 0 aliphatic rings. The van der Waals surface area contributed by atoms with Gasteiger partial charge >= 0.3 is 0 Å². The number of rotatable bonds is 4. The maximum Gasteiger partial charge on any atom is 0.119 e. The molecule has 0 aliphatic carbocycles. The van der Waals surface area contributed by atoms with Crippen LogP contribution in [-0.4, -0.2) is 7.11 Å². The molecule has 0 spiro atoms. The zero-order valence-corrected chi connectivity index (χ0v) is 11.1. The van der Waals surface area contributed by atoms with Crippen LogP contribution in [0.15, 0.2) is 48.5 Å². The molecule has 94 valence electrons. The van der Waals surface area contributed by atoms with Crippen LogP contribution in [0.3, 0.4) is 0 Å². The summed E-state index contributed by atoms with van der Waals surface area (Å²) in [4.78, 5) is 0. The minimum absolute atomic E-state index is 0.506. The summed E-state index contributed by atoms with van der Waals surface area (Å²) in [7, 11) is 1.68. The van der Waals surface area contributed by atoms with E-state index in [-0.39, 0.29) is 0 Å². The first kappa shape index (κ1) is 12.5. The number of hydrogen-bond acceptors (Lipinski definition) is 2. The van der Waals surface area contributed by atoms with E-state index in [0.717, 1.165) is 17.1 Å². The number of ether oxygens (including phenoxy) is 1. The highest BCUT2D eigenvalue weighted by atomic mass is 16.5. The van der Waals surface area contributed by atoms with Gasteiger partial charge in [-0.3, -0.25) is 0 Å². The minimum atomic E-state index is 0.506. The highest BCUT2D eigenvalue weighted by Gasteiger charge is 2.05. The lowest BCUT2D eigenvalue weighted by molar-refractivity contribution is 0.415. The molecular formula is C16H19NO. The molecular weight excluding hydrogens is 222 g/mol. The van der Waals surface area contributed by atoms with Gasteiger partial charge in [-0.15, -0.1) is 0 Å². The first-order chi connectivity index (χ1) is 8.70. The summed E-state index contributed by atoms with van der Waals surface area (Å²) < 4.78 is 5.15. The average Bonchev–Trinajstić information content (AvgIpc) is 2.40. The molecule has 0 aromatic heterocycles. The van der Waals surface area contributed by atoms with Gasteiger partial charge in [-0.25, -0.2) is 0 Å². The second kappa shape index (κ2) is 5.58. The highest BCUT2D eigenvalue weighted by Crippen LogP contribution is 2.27. The zero-order valence-electron chi connectivity index (χ0n) is 11.1. The van der Waals surface area contributed by atoms with Crippen molar-refractivity contribution < 1.29 is 4.74 Å². The molecule has 0 aliphatic heterocycles. The van der Waals surface area contributed by atoms with Gasteiger partial charge in [-0.2, -0.15) is 0 Å². The highest BCUT2D eigenvalue weighted by molar-refractivity contribution is 5.64. The van der Waals surface area contributed by atoms with Crippen molar-refractivity contribution in [1.82, 2.24) is 0 Å². The van der Waals surface area contributed by atoms with Crippen LogP contribution in [0.1, 0.15) is 25.3 Å². The second-order valence-corrected chi connectivity index (χ2v) is 4.60. The average molecular weight is 241 g/mol. The third-order valence-corrected chi connectivity index (χ3v) is 2.95. The van der Waals surface area contributed by atoms with Crippen LogP contribution in [0, 0.1) is 0 Å². The van der Waals surface area contributed by atoms with E-state index in [9.17, 15) is 0 Å². The van der Waals surface area contributed by atoms with Crippen molar-refractivity contribution in [2.75, 3.05) is 12.4 Å². The number of anilines is 2. The molecule has 0 amide bonds. The zero-order chi connectivity index (χ0) is 13.0. The second-order valence-electron chi connectivity index (χ2n) is 4.60. The standard InChI is InChI=1S/C16H19NO/c1-12(2)15-6-4-5-7-16(15)17-13-8-10-14(18-3)11-9-13/h4-12,17H,1-3H3. The van der Waals surface area contributed by atoms with Crippen molar-refractivity contribution in [3.8, 4) is 5.75 Å². The Morgan fingerprint density at radius 1 is 0.944 bits per heavy atom. The molecule has 2 aromatic carbocycles. The summed E-state index contributed by atoms with van der Waals surface area (Å²) in [6, 6.07) is 16.4. The molecule has 0 unspecified atom stereocenters. The van der Waals surface area contributed by atoms with E-state index in [1.807, 2.05) is 24.3 Å². The Labute approximate surface area is 109 Å². The van der Waals surface area contributed by atoms with E-state index in [1.165, 1.54) is 5.56 Å². The number of methoxy groups -OCH3 is 1. The molecule has 0 saturated heterocycles. The molecule has 2 heteroatoms. The monoisotopic (exact) mass is 241 g/mol. The van der Waals surface area contributed by atoms with Gasteiger partial charge in [-0.1, -0.05) is 32.0 Å². The summed E-state index contributed by atoms with van der Waals surface area (Å²) in [6.07, 6.45) is 0. The van der Waals surface area contributed by atoms with Crippen LogP contribution >= 0.6 is 0 Å². The molecule has 18 heavy (non-hydrogen) atoms. The predicted octanol–water partition coefficient (Wildman–Crippen LogP) is 4.56. The Bertz CT molecular complexity index is 503. The van der Waals surface area contributed by atoms with E-state index in [2.05, 4.69) is 43.4 Å². The van der Waals surface area contributed by atoms with Gasteiger partial charge in [0.25, 0.3) is 0 Å². The molecule has 2 nitrogen and oxygen atoms in total. The van der Waals surface area contributed by atoms with Crippen molar-refractivity contribution in [3.05, 3.63) is 54.1 Å². The van der Waals surface area contributed by atoms with Crippen LogP contribution < -0.4 is 10.1 Å². The summed E-state index contributed by atoms with van der Waals surface area (Å²) in [5, 5.41) is 3.45. The van der Waals surface area contributed by atoms with Crippen LogP contribution in [0.5, 0.6) is 5.75 Å². The van der Waals surface area contributed by atoms with E-state index in [4.69, 9.17) is 4.74 Å². The Morgan fingerprint density at radius 3 is 2.22 bits per heavy atom. The molecule has 0 bridgehead atoms. The van der Waals surface area contributed by atoms with Gasteiger partial charge in [0.1, 0.15) is 5.75 Å². The molecule has 0 fully saturated rings. The van der Waals surface area contributed by atoms with Crippen molar-refractivity contribution in [3.63, 3.8) is 0 Å². The van der Waals surface area contributed by atoms with Gasteiger partial charge in [-0.05, 0) is 41.8 Å². The van der Waals surface area contributed by atoms with Gasteiger partial charge < -0.3 is 10.1 Å². The first-order valence-electron chi connectivity index (χ1n) is 6.20. The summed E-state index contributed by atoms with van der Waals surface area (Å²) in [5.41, 5.74) is 3.56. The maximum absolute atomic E-state index is 5.15. The molecule has 2 aromatic rings. The van der Waals surface area contributed by atoms with E-state index in [1.54, 1.807) is 7.11 Å². The fourth-order valence-electron chi connectivity index (χ4n) is 1.94. The van der Waals surface area contributed by atoms with Crippen LogP contribution in [0.25, 0.3) is 0 Å². The lowest BCUT2D eigenvalue weighted by Crippen LogP contribution is -1.97. The van der Waals surface area contributed by atoms with Crippen molar-refractivity contribution in [2.45, 2.75) is 19.8 Å². The van der Waals surface area contributed by atoms with Gasteiger partial charge in [0.05, 0.1) is 7.11 Å². The fourth-order valence-corrected chi connectivity index (χ4v) is 1.94. The quantitative estimate of drug-likeness (QED) is 0.847. The maximum atomic E-state index is 5.15. The molecule has 0 saturated carbocycles. The van der Waals surface area contributed by atoms with Crippen LogP contribution in [-0.2, 0) is 0 Å². The summed E-state index contributed by atoms with van der Waals surface area (Å²) in [6.45, 7) is 4.41. The predicted molar refractivity (Wildman–Crippen MR) is 76.8 cm³/mol. The first-order valence-corrected chi connectivity index (χ1v) is 6.20. The lowest BCUT2D eigenvalue weighted by Gasteiger charge is -2.14. The topological polar surface area (TPSA) is 21.3 Å². The van der Waals surface area contributed by atoms with E-state index >= 15 is 0 Å². The largest absolute Gasteiger partial charge is 0.497 e. The van der Waals surface area contributed by atoms with E-state index < -0.39 is 0 Å². The lowest BCUT2D eigenvalue weighted by atomic mass is 10.0. The third kappa shape index (κ3) is 2.83. The van der Waals surface area contributed by atoms with Crippen LogP contribution in [0.2, 0.25) is 0 Å². The number of para-hydroxylation sites is 1. The Balaban J connectivity index is 2.22. The molecule has 0 radical (unpaired) electrons. The molecule has 1 N–H and O–H groups in total. The summed E-state index contributed by atoms with van der Waals surface area (Å²) in [5.74, 6) is 1.38. The van der Waals surface area contributed by atoms with Gasteiger partial charge in [0, 0.05) is 11.4 Å². The number of benzene rings is 2. The minimum Gasteiger partial charge on any atom is -0.497 e. The molecule has 0 atom stereocenters. The van der Waals surface area contributed by atoms with Gasteiger partial charge in [0.15, 0.2) is 0 Å². The number of nitrogens with one attached hydrogen (secondary N) is 1. The Hall–Kier alpha value is -1.96. The SMILES string of the molecule is COc1ccc(Nc2ccccc2C(C)C)cc1.